The molecule has 23 heavy (non-hydrogen) atoms. The zero-order valence-electron chi connectivity index (χ0n) is 14.7. The van der Waals surface area contributed by atoms with Crippen molar-refractivity contribution in [3.8, 4) is 0 Å². The minimum absolute atomic E-state index is 0.316. The molecule has 4 nitrogen and oxygen atoms in total. The maximum absolute atomic E-state index is 4.40. The fourth-order valence-corrected chi connectivity index (χ4v) is 3.44. The molecule has 0 aliphatic heterocycles. The molecule has 2 N–H and O–H groups in total. The van der Waals surface area contributed by atoms with Crippen LogP contribution in [0.5, 0.6) is 0 Å². The molecule has 0 spiro atoms. The minimum atomic E-state index is 0.316. The van der Waals surface area contributed by atoms with Gasteiger partial charge in [0.2, 0.25) is 0 Å². The van der Waals surface area contributed by atoms with Crippen LogP contribution in [0, 0.1) is 5.92 Å². The van der Waals surface area contributed by atoms with E-state index in [4.69, 9.17) is 0 Å². The molecule has 0 radical (unpaired) electrons. The Bertz CT molecular complexity index is 528. The lowest BCUT2D eigenvalue weighted by Gasteiger charge is -2.26. The van der Waals surface area contributed by atoms with Crippen LogP contribution in [0.1, 0.15) is 31.2 Å². The van der Waals surface area contributed by atoms with Gasteiger partial charge in [0.25, 0.3) is 0 Å². The molecule has 0 saturated heterocycles. The van der Waals surface area contributed by atoms with Crippen molar-refractivity contribution in [1.82, 2.24) is 15.5 Å². The smallest absolute Gasteiger partial charge is 0.191 e. The van der Waals surface area contributed by atoms with E-state index in [9.17, 15) is 0 Å². The van der Waals surface area contributed by atoms with Crippen LogP contribution in [-0.2, 0) is 5.41 Å². The van der Waals surface area contributed by atoms with Crippen LogP contribution in [-0.4, -0.2) is 51.1 Å². The molecule has 2 aliphatic carbocycles. The quantitative estimate of drug-likeness (QED) is 0.599. The molecule has 0 aromatic heterocycles. The second-order valence-electron chi connectivity index (χ2n) is 7.32. The van der Waals surface area contributed by atoms with E-state index < -0.39 is 0 Å². The van der Waals surface area contributed by atoms with E-state index in [0.29, 0.717) is 11.5 Å². The standard InChI is InChI=1S/C19H30N4/c1-20-18(21-13-17(23(2)3)15-9-10-15)22-14-19(11-12-19)16-7-5-4-6-8-16/h4-8,15,17H,9-14H2,1-3H3,(H2,20,21,22). The highest BCUT2D eigenvalue weighted by molar-refractivity contribution is 5.79. The molecule has 1 aromatic rings. The normalized spacial score (nSPS) is 21.1. The van der Waals surface area contributed by atoms with Crippen LogP contribution in [0.3, 0.4) is 0 Å². The summed E-state index contributed by atoms with van der Waals surface area (Å²) in [5, 5.41) is 7.07. The van der Waals surface area contributed by atoms with E-state index in [1.54, 1.807) is 0 Å². The summed E-state index contributed by atoms with van der Waals surface area (Å²) in [4.78, 5) is 6.74. The lowest BCUT2D eigenvalue weighted by atomic mass is 9.96. The van der Waals surface area contributed by atoms with Crippen molar-refractivity contribution >= 4 is 5.96 Å². The number of hydrogen-bond donors (Lipinski definition) is 2. The summed E-state index contributed by atoms with van der Waals surface area (Å²) in [5.74, 6) is 1.79. The molecule has 3 rings (SSSR count). The summed E-state index contributed by atoms with van der Waals surface area (Å²) in [6.45, 7) is 1.93. The summed E-state index contributed by atoms with van der Waals surface area (Å²) >= 11 is 0. The van der Waals surface area contributed by atoms with Crippen molar-refractivity contribution in [1.29, 1.82) is 0 Å². The van der Waals surface area contributed by atoms with Gasteiger partial charge < -0.3 is 15.5 Å². The monoisotopic (exact) mass is 314 g/mol. The van der Waals surface area contributed by atoms with Gasteiger partial charge in [-0.05, 0) is 51.3 Å². The molecular weight excluding hydrogens is 284 g/mol. The van der Waals surface area contributed by atoms with Gasteiger partial charge in [-0.25, -0.2) is 0 Å². The van der Waals surface area contributed by atoms with Crippen LogP contribution in [0.4, 0.5) is 0 Å². The zero-order chi connectivity index (χ0) is 16.3. The molecule has 2 fully saturated rings. The molecule has 0 heterocycles. The van der Waals surface area contributed by atoms with E-state index in [-0.39, 0.29) is 0 Å². The first-order chi connectivity index (χ1) is 11.1. The Morgan fingerprint density at radius 3 is 2.43 bits per heavy atom. The molecule has 0 bridgehead atoms. The number of hydrogen-bond acceptors (Lipinski definition) is 2. The van der Waals surface area contributed by atoms with E-state index in [1.807, 2.05) is 7.05 Å². The van der Waals surface area contributed by atoms with Gasteiger partial charge in [-0.1, -0.05) is 30.3 Å². The predicted octanol–water partition coefficient (Wildman–Crippen LogP) is 2.22. The highest BCUT2D eigenvalue weighted by Crippen LogP contribution is 2.47. The Morgan fingerprint density at radius 1 is 1.22 bits per heavy atom. The number of rotatable bonds is 7. The third-order valence-corrected chi connectivity index (χ3v) is 5.37. The number of nitrogens with one attached hydrogen (secondary N) is 2. The summed E-state index contributed by atoms with van der Waals surface area (Å²) < 4.78 is 0. The van der Waals surface area contributed by atoms with Crippen LogP contribution in [0.15, 0.2) is 35.3 Å². The topological polar surface area (TPSA) is 39.7 Å². The first-order valence-electron chi connectivity index (χ1n) is 8.81. The lowest BCUT2D eigenvalue weighted by Crippen LogP contribution is -2.47. The van der Waals surface area contributed by atoms with Gasteiger partial charge >= 0.3 is 0 Å². The van der Waals surface area contributed by atoms with Crippen molar-refractivity contribution in [3.63, 3.8) is 0 Å². The van der Waals surface area contributed by atoms with Gasteiger partial charge in [-0.15, -0.1) is 0 Å². The Labute approximate surface area is 140 Å². The molecular formula is C19H30N4. The highest BCUT2D eigenvalue weighted by Gasteiger charge is 2.44. The molecule has 1 atom stereocenters. The Hall–Kier alpha value is -1.55. The largest absolute Gasteiger partial charge is 0.356 e. The molecule has 1 aromatic carbocycles. The zero-order valence-corrected chi connectivity index (χ0v) is 14.7. The Balaban J connectivity index is 1.50. The number of benzene rings is 1. The van der Waals surface area contributed by atoms with Gasteiger partial charge in [-0.3, -0.25) is 4.99 Å². The Morgan fingerprint density at radius 2 is 1.91 bits per heavy atom. The van der Waals surface area contributed by atoms with Crippen molar-refractivity contribution in [2.45, 2.75) is 37.1 Å². The maximum atomic E-state index is 4.40. The summed E-state index contributed by atoms with van der Waals surface area (Å²) in [6.07, 6.45) is 5.27. The fraction of sp³-hybridized carbons (Fsp3) is 0.632. The SMILES string of the molecule is CN=C(NCC(C1CC1)N(C)C)NCC1(c2ccccc2)CC1. The van der Waals surface area contributed by atoms with Crippen molar-refractivity contribution in [2.75, 3.05) is 34.2 Å². The van der Waals surface area contributed by atoms with E-state index >= 15 is 0 Å². The fourth-order valence-electron chi connectivity index (χ4n) is 3.44. The van der Waals surface area contributed by atoms with Gasteiger partial charge in [-0.2, -0.15) is 0 Å². The number of likely N-dealkylation sites (N-methyl/N-ethyl adjacent to an activating group) is 1. The number of nitrogens with zero attached hydrogens (tertiary/aromatic N) is 2. The van der Waals surface area contributed by atoms with Crippen molar-refractivity contribution in [3.05, 3.63) is 35.9 Å². The van der Waals surface area contributed by atoms with Crippen LogP contribution < -0.4 is 10.6 Å². The second-order valence-corrected chi connectivity index (χ2v) is 7.32. The average Bonchev–Trinajstić information content (AvgIpc) is 3.46. The van der Waals surface area contributed by atoms with Gasteiger partial charge in [0, 0.05) is 31.6 Å². The third-order valence-electron chi connectivity index (χ3n) is 5.37. The molecule has 1 unspecified atom stereocenters. The molecule has 126 valence electrons. The molecule has 2 aliphatic rings. The molecule has 2 saturated carbocycles. The number of guanidine groups is 1. The molecule has 0 amide bonds. The van der Waals surface area contributed by atoms with Crippen LogP contribution >= 0.6 is 0 Å². The Kier molecular flexibility index (Phi) is 4.90. The highest BCUT2D eigenvalue weighted by atomic mass is 15.2. The second kappa shape index (κ2) is 6.91. The molecule has 4 heteroatoms. The van der Waals surface area contributed by atoms with Gasteiger partial charge in [0.15, 0.2) is 5.96 Å². The number of aliphatic imine (C=N–C) groups is 1. The van der Waals surface area contributed by atoms with Gasteiger partial charge in [0.1, 0.15) is 0 Å². The van der Waals surface area contributed by atoms with Crippen LogP contribution in [0.25, 0.3) is 0 Å². The van der Waals surface area contributed by atoms with E-state index in [0.717, 1.165) is 25.0 Å². The average molecular weight is 314 g/mol. The van der Waals surface area contributed by atoms with E-state index in [2.05, 4.69) is 65.0 Å². The summed E-state index contributed by atoms with van der Waals surface area (Å²) in [5.41, 5.74) is 1.77. The lowest BCUT2D eigenvalue weighted by molar-refractivity contribution is 0.264. The third kappa shape index (κ3) is 4.05. The minimum Gasteiger partial charge on any atom is -0.356 e. The van der Waals surface area contributed by atoms with Crippen molar-refractivity contribution in [2.24, 2.45) is 10.9 Å². The first kappa shape index (κ1) is 16.3. The maximum Gasteiger partial charge on any atom is 0.191 e. The summed E-state index contributed by atoms with van der Waals surface area (Å²) in [6, 6.07) is 11.5. The predicted molar refractivity (Wildman–Crippen MR) is 96.9 cm³/mol. The summed E-state index contributed by atoms with van der Waals surface area (Å²) in [7, 11) is 6.21. The van der Waals surface area contributed by atoms with Crippen molar-refractivity contribution < 1.29 is 0 Å². The first-order valence-corrected chi connectivity index (χ1v) is 8.81. The van der Waals surface area contributed by atoms with Crippen LogP contribution in [0.2, 0.25) is 0 Å². The van der Waals surface area contributed by atoms with E-state index in [1.165, 1.54) is 31.2 Å². The van der Waals surface area contributed by atoms with Gasteiger partial charge in [0.05, 0.1) is 0 Å².